The van der Waals surface area contributed by atoms with Gasteiger partial charge in [0.15, 0.2) is 0 Å². The summed E-state index contributed by atoms with van der Waals surface area (Å²) in [7, 11) is 0. The molecule has 94 valence electrons. The third-order valence-corrected chi connectivity index (χ3v) is 2.35. The Balaban J connectivity index is 2.05. The standard InChI is InChI=1S/C15H12N2O2/c1-2-11-19-14-8-4-12(5-9-14)3-6-13-7-10-15(18)17-16-13/h1,3-10H,11H2,(H,17,18). The van der Waals surface area contributed by atoms with Crippen molar-refractivity contribution in [3.05, 3.63) is 58.0 Å². The van der Waals surface area contributed by atoms with Gasteiger partial charge in [-0.15, -0.1) is 6.42 Å². The lowest BCUT2D eigenvalue weighted by Gasteiger charge is -2.01. The minimum Gasteiger partial charge on any atom is -0.481 e. The van der Waals surface area contributed by atoms with Gasteiger partial charge in [0.25, 0.3) is 5.56 Å². The third-order valence-electron chi connectivity index (χ3n) is 2.35. The first kappa shape index (κ1) is 12.7. The van der Waals surface area contributed by atoms with Crippen molar-refractivity contribution in [3.8, 4) is 18.1 Å². The highest BCUT2D eigenvalue weighted by molar-refractivity contribution is 5.67. The Morgan fingerprint density at radius 3 is 2.63 bits per heavy atom. The van der Waals surface area contributed by atoms with Gasteiger partial charge in [-0.05, 0) is 29.8 Å². The average molecular weight is 252 g/mol. The molecule has 0 saturated carbocycles. The maximum Gasteiger partial charge on any atom is 0.264 e. The van der Waals surface area contributed by atoms with E-state index in [0.29, 0.717) is 5.69 Å². The van der Waals surface area contributed by atoms with Crippen LogP contribution in [0.2, 0.25) is 0 Å². The van der Waals surface area contributed by atoms with Crippen LogP contribution in [0.1, 0.15) is 11.3 Å². The number of nitrogens with one attached hydrogen (secondary N) is 1. The fourth-order valence-corrected chi connectivity index (χ4v) is 1.43. The van der Waals surface area contributed by atoms with Crippen molar-refractivity contribution in [3.63, 3.8) is 0 Å². The molecule has 0 radical (unpaired) electrons. The predicted molar refractivity (Wildman–Crippen MR) is 74.6 cm³/mol. The Morgan fingerprint density at radius 2 is 2.00 bits per heavy atom. The van der Waals surface area contributed by atoms with Crippen LogP contribution in [0.5, 0.6) is 5.75 Å². The van der Waals surface area contributed by atoms with Crippen molar-refractivity contribution < 1.29 is 4.74 Å². The van der Waals surface area contributed by atoms with E-state index in [-0.39, 0.29) is 12.2 Å². The lowest BCUT2D eigenvalue weighted by molar-refractivity contribution is 0.370. The topological polar surface area (TPSA) is 55.0 Å². The lowest BCUT2D eigenvalue weighted by Crippen LogP contribution is -2.05. The van der Waals surface area contributed by atoms with E-state index >= 15 is 0 Å². The summed E-state index contributed by atoms with van der Waals surface area (Å²) in [5.74, 6) is 3.14. The molecule has 0 atom stereocenters. The van der Waals surface area contributed by atoms with Crippen molar-refractivity contribution >= 4 is 12.2 Å². The maximum atomic E-state index is 10.8. The van der Waals surface area contributed by atoms with Crippen molar-refractivity contribution in [2.24, 2.45) is 0 Å². The van der Waals surface area contributed by atoms with Gasteiger partial charge in [-0.25, -0.2) is 5.10 Å². The minimum absolute atomic E-state index is 0.216. The zero-order valence-corrected chi connectivity index (χ0v) is 10.2. The zero-order valence-electron chi connectivity index (χ0n) is 10.2. The first-order valence-electron chi connectivity index (χ1n) is 5.68. The molecule has 0 aliphatic heterocycles. The highest BCUT2D eigenvalue weighted by Crippen LogP contribution is 2.13. The Morgan fingerprint density at radius 1 is 1.21 bits per heavy atom. The largest absolute Gasteiger partial charge is 0.481 e. The lowest BCUT2D eigenvalue weighted by atomic mass is 10.2. The Kier molecular flexibility index (Phi) is 4.14. The fraction of sp³-hybridized carbons (Fsp3) is 0.0667. The Bertz CT molecular complexity index is 643. The number of benzene rings is 1. The van der Waals surface area contributed by atoms with Gasteiger partial charge in [0.2, 0.25) is 0 Å². The van der Waals surface area contributed by atoms with Gasteiger partial charge < -0.3 is 4.74 Å². The molecular formula is C15H12N2O2. The van der Waals surface area contributed by atoms with Gasteiger partial charge in [0, 0.05) is 6.07 Å². The van der Waals surface area contributed by atoms with Crippen molar-refractivity contribution in [2.45, 2.75) is 0 Å². The summed E-state index contributed by atoms with van der Waals surface area (Å²) in [6, 6.07) is 10.6. The number of H-pyrrole nitrogens is 1. The van der Waals surface area contributed by atoms with E-state index in [2.05, 4.69) is 16.1 Å². The number of nitrogens with zero attached hydrogens (tertiary/aromatic N) is 1. The Labute approximate surface area is 110 Å². The molecule has 0 unspecified atom stereocenters. The molecule has 1 N–H and O–H groups in total. The van der Waals surface area contributed by atoms with E-state index < -0.39 is 0 Å². The van der Waals surface area contributed by atoms with Crippen LogP contribution < -0.4 is 10.3 Å². The van der Waals surface area contributed by atoms with Gasteiger partial charge >= 0.3 is 0 Å². The summed E-state index contributed by atoms with van der Waals surface area (Å²) < 4.78 is 5.27. The summed E-state index contributed by atoms with van der Waals surface area (Å²) in [5.41, 5.74) is 1.47. The zero-order chi connectivity index (χ0) is 13.5. The van der Waals surface area contributed by atoms with Gasteiger partial charge in [-0.2, -0.15) is 5.10 Å². The van der Waals surface area contributed by atoms with E-state index in [4.69, 9.17) is 11.2 Å². The molecule has 1 aromatic heterocycles. The molecule has 2 aromatic rings. The third kappa shape index (κ3) is 3.86. The number of terminal acetylenes is 1. The second kappa shape index (κ2) is 6.22. The smallest absolute Gasteiger partial charge is 0.264 e. The molecule has 1 heterocycles. The highest BCUT2D eigenvalue weighted by Gasteiger charge is 1.93. The second-order valence-electron chi connectivity index (χ2n) is 3.74. The van der Waals surface area contributed by atoms with Crippen molar-refractivity contribution in [2.75, 3.05) is 6.61 Å². The summed E-state index contributed by atoms with van der Waals surface area (Å²) >= 11 is 0. The van der Waals surface area contributed by atoms with Crippen LogP contribution in [-0.2, 0) is 0 Å². The summed E-state index contributed by atoms with van der Waals surface area (Å²) in [6.07, 6.45) is 8.82. The summed E-state index contributed by atoms with van der Waals surface area (Å²) in [4.78, 5) is 10.8. The van der Waals surface area contributed by atoms with E-state index in [9.17, 15) is 4.79 Å². The summed E-state index contributed by atoms with van der Waals surface area (Å²) in [6.45, 7) is 0.260. The molecule has 0 fully saturated rings. The van der Waals surface area contributed by atoms with Crippen LogP contribution in [0.4, 0.5) is 0 Å². The minimum atomic E-state index is -0.216. The molecule has 1 aromatic carbocycles. The van der Waals surface area contributed by atoms with Crippen LogP contribution in [0.3, 0.4) is 0 Å². The number of ether oxygens (including phenoxy) is 1. The average Bonchev–Trinajstić information content (AvgIpc) is 2.46. The highest BCUT2D eigenvalue weighted by atomic mass is 16.5. The fourth-order valence-electron chi connectivity index (χ4n) is 1.43. The van der Waals surface area contributed by atoms with E-state index in [1.807, 2.05) is 36.4 Å². The van der Waals surface area contributed by atoms with Crippen LogP contribution >= 0.6 is 0 Å². The second-order valence-corrected chi connectivity index (χ2v) is 3.74. The molecule has 2 rings (SSSR count). The molecule has 4 nitrogen and oxygen atoms in total. The van der Waals surface area contributed by atoms with E-state index in [1.54, 1.807) is 6.07 Å². The molecule has 0 aliphatic carbocycles. The molecule has 0 amide bonds. The quantitative estimate of drug-likeness (QED) is 0.846. The van der Waals surface area contributed by atoms with Crippen molar-refractivity contribution in [1.29, 1.82) is 0 Å². The van der Waals surface area contributed by atoms with Gasteiger partial charge in [0.1, 0.15) is 12.4 Å². The van der Waals surface area contributed by atoms with E-state index in [0.717, 1.165) is 11.3 Å². The van der Waals surface area contributed by atoms with Crippen LogP contribution in [0.25, 0.3) is 12.2 Å². The number of hydrogen-bond donors (Lipinski definition) is 1. The van der Waals surface area contributed by atoms with Gasteiger partial charge in [0.05, 0.1) is 5.69 Å². The number of aromatic amines is 1. The number of aromatic nitrogens is 2. The van der Waals surface area contributed by atoms with E-state index in [1.165, 1.54) is 6.07 Å². The number of hydrogen-bond acceptors (Lipinski definition) is 3. The van der Waals surface area contributed by atoms with Crippen LogP contribution in [0.15, 0.2) is 41.2 Å². The van der Waals surface area contributed by atoms with Crippen LogP contribution in [-0.4, -0.2) is 16.8 Å². The molecule has 4 heteroatoms. The maximum absolute atomic E-state index is 10.8. The van der Waals surface area contributed by atoms with Gasteiger partial charge in [-0.3, -0.25) is 4.79 Å². The molecule has 0 saturated heterocycles. The monoisotopic (exact) mass is 252 g/mol. The molecular weight excluding hydrogens is 240 g/mol. The molecule has 0 aliphatic rings. The predicted octanol–water partition coefficient (Wildman–Crippen LogP) is 1.95. The SMILES string of the molecule is C#CCOc1ccc(C=Cc2ccc(=O)[nH]n2)cc1. The first-order valence-corrected chi connectivity index (χ1v) is 5.68. The molecule has 0 spiro atoms. The normalized spacial score (nSPS) is 10.3. The molecule has 0 bridgehead atoms. The van der Waals surface area contributed by atoms with Crippen molar-refractivity contribution in [1.82, 2.24) is 10.2 Å². The Hall–Kier alpha value is -2.80. The number of rotatable bonds is 4. The first-order chi connectivity index (χ1) is 9.28. The summed E-state index contributed by atoms with van der Waals surface area (Å²) in [5, 5.41) is 6.25. The van der Waals surface area contributed by atoms with Crippen LogP contribution in [0, 0.1) is 12.3 Å². The van der Waals surface area contributed by atoms with Gasteiger partial charge in [-0.1, -0.05) is 24.1 Å². The molecule has 19 heavy (non-hydrogen) atoms.